The number of ether oxygens (including phenoxy) is 1. The smallest absolute Gasteiger partial charge is 0.0680 e. The Morgan fingerprint density at radius 2 is 2.06 bits per heavy atom. The van der Waals surface area contributed by atoms with E-state index < -0.39 is 0 Å². The highest BCUT2D eigenvalue weighted by Gasteiger charge is 2.51. The van der Waals surface area contributed by atoms with Crippen LogP contribution in [0.5, 0.6) is 0 Å². The van der Waals surface area contributed by atoms with Crippen LogP contribution in [0.3, 0.4) is 0 Å². The van der Waals surface area contributed by atoms with Gasteiger partial charge in [0.05, 0.1) is 6.61 Å². The number of hydrogen-bond donors (Lipinski definition) is 1. The molecule has 2 aliphatic carbocycles. The molecule has 0 bridgehead atoms. The maximum Gasteiger partial charge on any atom is 0.0680 e. The highest BCUT2D eigenvalue weighted by Crippen LogP contribution is 2.59. The molecular formula is C16H28O2. The van der Waals surface area contributed by atoms with Crippen molar-refractivity contribution in [3.63, 3.8) is 0 Å². The molecule has 0 aromatic rings. The first kappa shape index (κ1) is 14.1. The topological polar surface area (TPSA) is 29.5 Å². The van der Waals surface area contributed by atoms with E-state index in [2.05, 4.69) is 20.8 Å². The van der Waals surface area contributed by atoms with E-state index in [1.165, 1.54) is 43.3 Å². The fourth-order valence-corrected chi connectivity index (χ4v) is 4.63. The standard InChI is InChI=1S/C16H28O2/c1-12-6-7-14-15(2,11-17)8-5-9-16(14,3)13(12)10-18-4/h14,17H,5-11H2,1-4H3/t14-,15+,16+/m0/s1. The molecule has 0 unspecified atom stereocenters. The summed E-state index contributed by atoms with van der Waals surface area (Å²) in [5.41, 5.74) is 3.39. The average Bonchev–Trinajstić information content (AvgIpc) is 2.34. The average molecular weight is 252 g/mol. The van der Waals surface area contributed by atoms with Gasteiger partial charge in [-0.2, -0.15) is 0 Å². The first-order chi connectivity index (χ1) is 8.48. The summed E-state index contributed by atoms with van der Waals surface area (Å²) in [6.07, 6.45) is 6.05. The van der Waals surface area contributed by atoms with E-state index in [0.717, 1.165) is 6.61 Å². The molecule has 3 atom stereocenters. The summed E-state index contributed by atoms with van der Waals surface area (Å²) < 4.78 is 5.45. The molecular weight excluding hydrogens is 224 g/mol. The Bertz CT molecular complexity index is 347. The van der Waals surface area contributed by atoms with Gasteiger partial charge in [0.25, 0.3) is 0 Å². The van der Waals surface area contributed by atoms with Gasteiger partial charge in [-0.3, -0.25) is 0 Å². The SMILES string of the molecule is COCC1=C(C)CC[C@H]2[C@@](C)(CO)CCC[C@]12C. The van der Waals surface area contributed by atoms with Crippen LogP contribution in [0.1, 0.15) is 52.9 Å². The normalized spacial score (nSPS) is 40.8. The summed E-state index contributed by atoms with van der Waals surface area (Å²) in [6, 6.07) is 0. The van der Waals surface area contributed by atoms with Crippen LogP contribution in [-0.2, 0) is 4.74 Å². The van der Waals surface area contributed by atoms with Gasteiger partial charge in [-0.1, -0.05) is 25.8 Å². The number of allylic oxidation sites excluding steroid dienone is 1. The van der Waals surface area contributed by atoms with Gasteiger partial charge in [0, 0.05) is 13.7 Å². The summed E-state index contributed by atoms with van der Waals surface area (Å²) in [5.74, 6) is 0.609. The quantitative estimate of drug-likeness (QED) is 0.778. The van der Waals surface area contributed by atoms with Crippen molar-refractivity contribution < 1.29 is 9.84 Å². The van der Waals surface area contributed by atoms with E-state index in [4.69, 9.17) is 4.74 Å². The molecule has 18 heavy (non-hydrogen) atoms. The summed E-state index contributed by atoms with van der Waals surface area (Å²) in [5, 5.41) is 9.84. The summed E-state index contributed by atoms with van der Waals surface area (Å²) >= 11 is 0. The van der Waals surface area contributed by atoms with Gasteiger partial charge in [0.1, 0.15) is 0 Å². The second-order valence-electron chi connectivity index (χ2n) is 6.87. The number of fused-ring (bicyclic) bond motifs is 1. The molecule has 0 heterocycles. The highest BCUT2D eigenvalue weighted by atomic mass is 16.5. The lowest BCUT2D eigenvalue weighted by Gasteiger charge is -2.55. The van der Waals surface area contributed by atoms with Crippen LogP contribution < -0.4 is 0 Å². The fourth-order valence-electron chi connectivity index (χ4n) is 4.63. The third kappa shape index (κ3) is 2.04. The molecule has 2 nitrogen and oxygen atoms in total. The zero-order chi connectivity index (χ0) is 13.4. The van der Waals surface area contributed by atoms with Crippen molar-refractivity contribution in [3.05, 3.63) is 11.1 Å². The van der Waals surface area contributed by atoms with Crippen LogP contribution in [0.4, 0.5) is 0 Å². The minimum absolute atomic E-state index is 0.104. The van der Waals surface area contributed by atoms with E-state index in [0.29, 0.717) is 12.5 Å². The highest BCUT2D eigenvalue weighted by molar-refractivity contribution is 5.27. The number of rotatable bonds is 3. The predicted octanol–water partition coefficient (Wildman–Crippen LogP) is 3.55. The number of hydrogen-bond acceptors (Lipinski definition) is 2. The zero-order valence-corrected chi connectivity index (χ0v) is 12.4. The van der Waals surface area contributed by atoms with Crippen LogP contribution in [0.15, 0.2) is 11.1 Å². The van der Waals surface area contributed by atoms with Gasteiger partial charge in [-0.15, -0.1) is 0 Å². The van der Waals surface area contributed by atoms with Gasteiger partial charge in [-0.05, 0) is 54.9 Å². The Morgan fingerprint density at radius 3 is 2.67 bits per heavy atom. The molecule has 1 N–H and O–H groups in total. The molecule has 0 spiro atoms. The van der Waals surface area contributed by atoms with Crippen molar-refractivity contribution in [3.8, 4) is 0 Å². The summed E-state index contributed by atoms with van der Waals surface area (Å²) in [6.45, 7) is 8.04. The molecule has 2 aliphatic rings. The summed E-state index contributed by atoms with van der Waals surface area (Å²) in [7, 11) is 1.79. The van der Waals surface area contributed by atoms with Crippen molar-refractivity contribution in [1.29, 1.82) is 0 Å². The van der Waals surface area contributed by atoms with Crippen molar-refractivity contribution in [1.82, 2.24) is 0 Å². The molecule has 1 saturated carbocycles. The predicted molar refractivity (Wildman–Crippen MR) is 74.5 cm³/mol. The molecule has 2 rings (SSSR count). The molecule has 0 aromatic heterocycles. The monoisotopic (exact) mass is 252 g/mol. The molecule has 104 valence electrons. The van der Waals surface area contributed by atoms with Gasteiger partial charge >= 0.3 is 0 Å². The Hall–Kier alpha value is -0.340. The molecule has 0 aromatic carbocycles. The van der Waals surface area contributed by atoms with E-state index in [1.807, 2.05) is 0 Å². The van der Waals surface area contributed by atoms with Gasteiger partial charge in [0.2, 0.25) is 0 Å². The van der Waals surface area contributed by atoms with E-state index >= 15 is 0 Å². The third-order valence-corrected chi connectivity index (χ3v) is 5.72. The molecule has 1 fully saturated rings. The van der Waals surface area contributed by atoms with Crippen molar-refractivity contribution in [2.24, 2.45) is 16.7 Å². The van der Waals surface area contributed by atoms with Crippen LogP contribution in [0, 0.1) is 16.7 Å². The van der Waals surface area contributed by atoms with E-state index in [1.54, 1.807) is 7.11 Å². The molecule has 0 amide bonds. The Kier molecular flexibility index (Phi) is 3.89. The number of methoxy groups -OCH3 is 1. The minimum Gasteiger partial charge on any atom is -0.396 e. The lowest BCUT2D eigenvalue weighted by atomic mass is 9.50. The fraction of sp³-hybridized carbons (Fsp3) is 0.875. The summed E-state index contributed by atoms with van der Waals surface area (Å²) in [4.78, 5) is 0. The lowest BCUT2D eigenvalue weighted by Crippen LogP contribution is -2.49. The zero-order valence-electron chi connectivity index (χ0n) is 12.4. The van der Waals surface area contributed by atoms with Crippen molar-refractivity contribution in [2.75, 3.05) is 20.3 Å². The van der Waals surface area contributed by atoms with Crippen LogP contribution in [0.2, 0.25) is 0 Å². The first-order valence-corrected chi connectivity index (χ1v) is 7.27. The lowest BCUT2D eigenvalue weighted by molar-refractivity contribution is -0.0426. The molecule has 2 heteroatoms. The van der Waals surface area contributed by atoms with Gasteiger partial charge in [0.15, 0.2) is 0 Å². The second kappa shape index (κ2) is 4.97. The van der Waals surface area contributed by atoms with E-state index in [-0.39, 0.29) is 10.8 Å². The molecule has 0 saturated heterocycles. The third-order valence-electron chi connectivity index (χ3n) is 5.72. The van der Waals surface area contributed by atoms with E-state index in [9.17, 15) is 5.11 Å². The first-order valence-electron chi connectivity index (χ1n) is 7.27. The van der Waals surface area contributed by atoms with Crippen LogP contribution in [-0.4, -0.2) is 25.4 Å². The largest absolute Gasteiger partial charge is 0.396 e. The Labute approximate surface area is 111 Å². The van der Waals surface area contributed by atoms with Crippen molar-refractivity contribution in [2.45, 2.75) is 52.9 Å². The molecule has 0 aliphatic heterocycles. The number of aliphatic hydroxyl groups is 1. The van der Waals surface area contributed by atoms with Gasteiger partial charge in [-0.25, -0.2) is 0 Å². The maximum absolute atomic E-state index is 9.84. The Balaban J connectivity index is 2.39. The van der Waals surface area contributed by atoms with Gasteiger partial charge < -0.3 is 9.84 Å². The van der Waals surface area contributed by atoms with Crippen molar-refractivity contribution >= 4 is 0 Å². The maximum atomic E-state index is 9.84. The number of aliphatic hydroxyl groups excluding tert-OH is 1. The molecule has 0 radical (unpaired) electrons. The Morgan fingerprint density at radius 1 is 1.33 bits per heavy atom. The second-order valence-corrected chi connectivity index (χ2v) is 6.87. The van der Waals surface area contributed by atoms with Crippen LogP contribution in [0.25, 0.3) is 0 Å². The van der Waals surface area contributed by atoms with Crippen LogP contribution >= 0.6 is 0 Å². The minimum atomic E-state index is 0.104.